The highest BCUT2D eigenvalue weighted by Gasteiger charge is 2.20. The average molecular weight is 465 g/mol. The molecule has 0 bridgehead atoms. The van der Waals surface area contributed by atoms with Gasteiger partial charge >= 0.3 is 0 Å². The van der Waals surface area contributed by atoms with Crippen LogP contribution < -0.4 is 10.6 Å². The fraction of sp³-hybridized carbons (Fsp3) is 0.947. The molecule has 2 aliphatic rings. The summed E-state index contributed by atoms with van der Waals surface area (Å²) in [7, 11) is 4.10. The molecule has 0 aliphatic carbocycles. The monoisotopic (exact) mass is 465 g/mol. The molecular formula is C19H40IN5. The molecule has 0 radical (unpaired) electrons. The number of rotatable bonds is 7. The van der Waals surface area contributed by atoms with Crippen LogP contribution in [0.4, 0.5) is 0 Å². The highest BCUT2D eigenvalue weighted by atomic mass is 127. The van der Waals surface area contributed by atoms with Crippen molar-refractivity contribution in [3.8, 4) is 0 Å². The topological polar surface area (TPSA) is 42.9 Å². The summed E-state index contributed by atoms with van der Waals surface area (Å²) >= 11 is 0. The van der Waals surface area contributed by atoms with Crippen LogP contribution in [-0.2, 0) is 0 Å². The van der Waals surface area contributed by atoms with Gasteiger partial charge in [0.25, 0.3) is 0 Å². The zero-order chi connectivity index (χ0) is 17.2. The van der Waals surface area contributed by atoms with Crippen LogP contribution >= 0.6 is 24.0 Å². The minimum absolute atomic E-state index is 0. The fourth-order valence-electron chi connectivity index (χ4n) is 4.10. The summed E-state index contributed by atoms with van der Waals surface area (Å²) in [6.45, 7) is 9.26. The van der Waals surface area contributed by atoms with Crippen LogP contribution in [0.25, 0.3) is 0 Å². The number of hydrogen-bond acceptors (Lipinski definition) is 3. The zero-order valence-electron chi connectivity index (χ0n) is 16.6. The lowest BCUT2D eigenvalue weighted by atomic mass is 9.94. The number of nitrogens with one attached hydrogen (secondary N) is 2. The maximum absolute atomic E-state index is 4.37. The third kappa shape index (κ3) is 8.43. The van der Waals surface area contributed by atoms with E-state index in [2.05, 4.69) is 39.4 Å². The lowest BCUT2D eigenvalue weighted by Crippen LogP contribution is -2.46. The van der Waals surface area contributed by atoms with E-state index in [-0.39, 0.29) is 24.0 Å². The van der Waals surface area contributed by atoms with Gasteiger partial charge in [0, 0.05) is 32.7 Å². The number of aliphatic imine (C=N–C) groups is 1. The highest BCUT2D eigenvalue weighted by Crippen LogP contribution is 2.19. The smallest absolute Gasteiger partial charge is 0.191 e. The molecule has 0 amide bonds. The summed E-state index contributed by atoms with van der Waals surface area (Å²) in [5.41, 5.74) is 0. The SMILES string of the molecule is CCC1CCCCN1CCNC(=NC)NCCC1CCN(C)CC1.I. The van der Waals surface area contributed by atoms with E-state index in [0.717, 1.165) is 37.6 Å². The lowest BCUT2D eigenvalue weighted by Gasteiger charge is -2.35. The van der Waals surface area contributed by atoms with Crippen LogP contribution in [-0.4, -0.2) is 75.2 Å². The van der Waals surface area contributed by atoms with Crippen LogP contribution in [0.3, 0.4) is 0 Å². The number of nitrogens with zero attached hydrogens (tertiary/aromatic N) is 3. The van der Waals surface area contributed by atoms with Gasteiger partial charge in [0.2, 0.25) is 0 Å². The Hall–Kier alpha value is -0.0800. The summed E-state index contributed by atoms with van der Waals surface area (Å²) in [4.78, 5) is 9.47. The molecule has 2 aliphatic heterocycles. The van der Waals surface area contributed by atoms with Crippen molar-refractivity contribution in [1.29, 1.82) is 0 Å². The molecule has 2 rings (SSSR count). The van der Waals surface area contributed by atoms with Crippen LogP contribution in [0, 0.1) is 5.92 Å². The molecule has 2 N–H and O–H groups in total. The number of halogens is 1. The van der Waals surface area contributed by atoms with E-state index in [1.807, 2.05) is 7.05 Å². The predicted molar refractivity (Wildman–Crippen MR) is 119 cm³/mol. The molecule has 2 fully saturated rings. The summed E-state index contributed by atoms with van der Waals surface area (Å²) in [5.74, 6) is 1.85. The van der Waals surface area contributed by atoms with Crippen molar-refractivity contribution in [2.75, 3.05) is 53.4 Å². The molecule has 2 saturated heterocycles. The van der Waals surface area contributed by atoms with E-state index in [1.54, 1.807) is 0 Å². The van der Waals surface area contributed by atoms with Crippen LogP contribution in [0.5, 0.6) is 0 Å². The van der Waals surface area contributed by atoms with Gasteiger partial charge in [-0.25, -0.2) is 0 Å². The van der Waals surface area contributed by atoms with E-state index in [1.165, 1.54) is 64.6 Å². The molecule has 0 aromatic carbocycles. The first-order valence-corrected chi connectivity index (χ1v) is 10.1. The second kappa shape index (κ2) is 13.1. The van der Waals surface area contributed by atoms with Gasteiger partial charge in [0.15, 0.2) is 5.96 Å². The van der Waals surface area contributed by atoms with E-state index in [4.69, 9.17) is 0 Å². The molecule has 0 aromatic heterocycles. The molecule has 1 unspecified atom stereocenters. The zero-order valence-corrected chi connectivity index (χ0v) is 18.9. The highest BCUT2D eigenvalue weighted by molar-refractivity contribution is 14.0. The molecule has 0 saturated carbocycles. The number of piperidine rings is 2. The standard InChI is InChI=1S/C19H39N5.HI/c1-4-18-7-5-6-13-24(18)16-12-22-19(20-2)21-11-8-17-9-14-23(3)15-10-17;/h17-18H,4-16H2,1-3H3,(H2,20,21,22);1H. The second-order valence-electron chi connectivity index (χ2n) is 7.55. The normalized spacial score (nSPS) is 24.0. The Balaban J connectivity index is 0.00000312. The number of hydrogen-bond donors (Lipinski definition) is 2. The maximum Gasteiger partial charge on any atom is 0.191 e. The summed E-state index contributed by atoms with van der Waals surface area (Å²) in [5, 5.41) is 6.99. The van der Waals surface area contributed by atoms with Crippen molar-refractivity contribution < 1.29 is 0 Å². The first kappa shape index (κ1) is 23.0. The van der Waals surface area contributed by atoms with Crippen LogP contribution in [0.1, 0.15) is 51.9 Å². The third-order valence-electron chi connectivity index (χ3n) is 5.82. The first-order chi connectivity index (χ1) is 11.7. The third-order valence-corrected chi connectivity index (χ3v) is 5.82. The summed E-state index contributed by atoms with van der Waals surface area (Å²) in [6, 6.07) is 0.792. The molecule has 0 aromatic rings. The van der Waals surface area contributed by atoms with Crippen molar-refractivity contribution in [1.82, 2.24) is 20.4 Å². The molecule has 148 valence electrons. The molecule has 25 heavy (non-hydrogen) atoms. The molecule has 2 heterocycles. The Morgan fingerprint density at radius 2 is 1.76 bits per heavy atom. The largest absolute Gasteiger partial charge is 0.356 e. The minimum atomic E-state index is 0. The van der Waals surface area contributed by atoms with Gasteiger partial charge in [-0.1, -0.05) is 13.3 Å². The van der Waals surface area contributed by atoms with E-state index in [9.17, 15) is 0 Å². The van der Waals surface area contributed by atoms with E-state index in [0.29, 0.717) is 0 Å². The van der Waals surface area contributed by atoms with Gasteiger partial charge in [-0.2, -0.15) is 0 Å². The second-order valence-corrected chi connectivity index (χ2v) is 7.55. The van der Waals surface area contributed by atoms with Crippen molar-refractivity contribution in [3.05, 3.63) is 0 Å². The average Bonchev–Trinajstić information content (AvgIpc) is 2.62. The molecule has 0 spiro atoms. The van der Waals surface area contributed by atoms with Gasteiger partial charge < -0.3 is 15.5 Å². The maximum atomic E-state index is 4.37. The lowest BCUT2D eigenvalue weighted by molar-refractivity contribution is 0.147. The van der Waals surface area contributed by atoms with Crippen LogP contribution in [0.15, 0.2) is 4.99 Å². The molecule has 1 atom stereocenters. The Kier molecular flexibility index (Phi) is 12.1. The van der Waals surface area contributed by atoms with Crippen molar-refractivity contribution >= 4 is 29.9 Å². The quantitative estimate of drug-likeness (QED) is 0.345. The summed E-state index contributed by atoms with van der Waals surface area (Å²) < 4.78 is 0. The Morgan fingerprint density at radius 1 is 1.04 bits per heavy atom. The fourth-order valence-corrected chi connectivity index (χ4v) is 4.10. The Morgan fingerprint density at radius 3 is 2.44 bits per heavy atom. The summed E-state index contributed by atoms with van der Waals surface area (Å²) in [6.07, 6.45) is 9.37. The first-order valence-electron chi connectivity index (χ1n) is 10.1. The van der Waals surface area contributed by atoms with Gasteiger partial charge in [-0.15, -0.1) is 24.0 Å². The van der Waals surface area contributed by atoms with Gasteiger partial charge in [-0.3, -0.25) is 9.89 Å². The van der Waals surface area contributed by atoms with Gasteiger partial charge in [0.1, 0.15) is 0 Å². The Bertz CT molecular complexity index is 369. The predicted octanol–water partition coefficient (Wildman–Crippen LogP) is 2.77. The van der Waals surface area contributed by atoms with E-state index >= 15 is 0 Å². The van der Waals surface area contributed by atoms with E-state index < -0.39 is 0 Å². The van der Waals surface area contributed by atoms with Crippen molar-refractivity contribution in [3.63, 3.8) is 0 Å². The minimum Gasteiger partial charge on any atom is -0.356 e. The Labute approximate surface area is 172 Å². The molecule has 5 nitrogen and oxygen atoms in total. The molecule has 6 heteroatoms. The van der Waals surface area contributed by atoms with Crippen LogP contribution in [0.2, 0.25) is 0 Å². The number of likely N-dealkylation sites (tertiary alicyclic amines) is 2. The molecular weight excluding hydrogens is 425 g/mol. The van der Waals surface area contributed by atoms with Crippen molar-refractivity contribution in [2.45, 2.75) is 57.9 Å². The van der Waals surface area contributed by atoms with Gasteiger partial charge in [0.05, 0.1) is 0 Å². The van der Waals surface area contributed by atoms with Gasteiger partial charge in [-0.05, 0) is 71.1 Å². The van der Waals surface area contributed by atoms with Crippen molar-refractivity contribution in [2.24, 2.45) is 10.9 Å². The number of guanidine groups is 1.